The Hall–Kier alpha value is -1.14. The number of piperazine rings is 1. The third-order valence-corrected chi connectivity index (χ3v) is 4.16. The molecule has 110 valence electrons. The van der Waals surface area contributed by atoms with Crippen LogP contribution in [-0.4, -0.2) is 55.5 Å². The molecular formula is C14H19BrFN3O. The van der Waals surface area contributed by atoms with Crippen molar-refractivity contribution in [1.29, 1.82) is 0 Å². The Bertz CT molecular complexity index is 501. The molecule has 1 aromatic carbocycles. The Morgan fingerprint density at radius 2 is 2.00 bits per heavy atom. The molecule has 1 aliphatic heterocycles. The molecule has 1 amide bonds. The van der Waals surface area contributed by atoms with Crippen LogP contribution in [0.5, 0.6) is 0 Å². The fraction of sp³-hybridized carbons (Fsp3) is 0.500. The molecule has 1 aliphatic rings. The number of amides is 1. The third-order valence-electron chi connectivity index (χ3n) is 3.55. The van der Waals surface area contributed by atoms with Crippen LogP contribution in [-0.2, 0) is 4.79 Å². The van der Waals surface area contributed by atoms with E-state index in [-0.39, 0.29) is 18.3 Å². The van der Waals surface area contributed by atoms with Crippen LogP contribution in [0.3, 0.4) is 0 Å². The molecule has 0 aromatic heterocycles. The molecule has 0 atom stereocenters. The Labute approximate surface area is 127 Å². The predicted octanol–water partition coefficient (Wildman–Crippen LogP) is 2.08. The zero-order chi connectivity index (χ0) is 14.7. The van der Waals surface area contributed by atoms with Crippen molar-refractivity contribution in [2.75, 3.05) is 45.1 Å². The highest BCUT2D eigenvalue weighted by Gasteiger charge is 2.18. The van der Waals surface area contributed by atoms with Gasteiger partial charge >= 0.3 is 0 Å². The van der Waals surface area contributed by atoms with E-state index in [1.807, 2.05) is 11.8 Å². The van der Waals surface area contributed by atoms with Gasteiger partial charge in [0, 0.05) is 31.9 Å². The first-order chi connectivity index (χ1) is 9.47. The fourth-order valence-corrected chi connectivity index (χ4v) is 2.52. The Morgan fingerprint density at radius 3 is 2.65 bits per heavy atom. The van der Waals surface area contributed by atoms with Gasteiger partial charge in [-0.1, -0.05) is 0 Å². The molecule has 1 fully saturated rings. The number of carbonyl (C=O) groups excluding carboxylic acids is 1. The molecule has 0 spiro atoms. The van der Waals surface area contributed by atoms with Gasteiger partial charge in [0.05, 0.1) is 11.0 Å². The van der Waals surface area contributed by atoms with E-state index >= 15 is 0 Å². The number of likely N-dealkylation sites (N-methyl/N-ethyl adjacent to an activating group) is 1. The van der Waals surface area contributed by atoms with Gasteiger partial charge in [-0.15, -0.1) is 0 Å². The number of halogens is 2. The second-order valence-corrected chi connectivity index (χ2v) is 5.97. The number of nitrogens with one attached hydrogen (secondary N) is 1. The molecule has 20 heavy (non-hydrogen) atoms. The van der Waals surface area contributed by atoms with Crippen molar-refractivity contribution in [3.05, 3.63) is 28.0 Å². The van der Waals surface area contributed by atoms with E-state index in [0.717, 1.165) is 37.4 Å². The zero-order valence-electron chi connectivity index (χ0n) is 11.7. The number of benzene rings is 1. The molecule has 0 bridgehead atoms. The molecule has 4 nitrogen and oxygen atoms in total. The largest absolute Gasteiger partial charge is 0.376 e. The Balaban J connectivity index is 1.92. The minimum absolute atomic E-state index is 0.0814. The van der Waals surface area contributed by atoms with Crippen LogP contribution in [0.1, 0.15) is 5.56 Å². The van der Waals surface area contributed by atoms with Gasteiger partial charge in [-0.25, -0.2) is 4.39 Å². The van der Waals surface area contributed by atoms with Gasteiger partial charge in [-0.05, 0) is 47.6 Å². The lowest BCUT2D eigenvalue weighted by Gasteiger charge is -2.32. The summed E-state index contributed by atoms with van der Waals surface area (Å²) in [7, 11) is 2.06. The number of anilines is 1. The van der Waals surface area contributed by atoms with Gasteiger partial charge in [0.1, 0.15) is 5.82 Å². The standard InChI is InChI=1S/C14H19BrFN3O/c1-10-7-12(16)11(15)8-13(10)17-9-14(20)19-5-3-18(2)4-6-19/h7-8,17H,3-6,9H2,1-2H3. The Kier molecular flexibility index (Phi) is 4.99. The first-order valence-electron chi connectivity index (χ1n) is 6.63. The van der Waals surface area contributed by atoms with Crippen molar-refractivity contribution in [2.45, 2.75) is 6.92 Å². The molecule has 1 N–H and O–H groups in total. The number of rotatable bonds is 3. The minimum atomic E-state index is -0.293. The highest BCUT2D eigenvalue weighted by atomic mass is 79.9. The van der Waals surface area contributed by atoms with E-state index in [0.29, 0.717) is 4.47 Å². The summed E-state index contributed by atoms with van der Waals surface area (Å²) in [5.41, 5.74) is 1.57. The number of carbonyl (C=O) groups is 1. The van der Waals surface area contributed by atoms with Crippen LogP contribution >= 0.6 is 15.9 Å². The van der Waals surface area contributed by atoms with Crippen molar-refractivity contribution in [3.8, 4) is 0 Å². The van der Waals surface area contributed by atoms with Crippen LogP contribution in [0.4, 0.5) is 10.1 Å². The lowest BCUT2D eigenvalue weighted by Crippen LogP contribution is -2.48. The second kappa shape index (κ2) is 6.54. The molecule has 1 aromatic rings. The van der Waals surface area contributed by atoms with Crippen LogP contribution in [0.15, 0.2) is 16.6 Å². The maximum Gasteiger partial charge on any atom is 0.241 e. The summed E-state index contributed by atoms with van der Waals surface area (Å²) in [5.74, 6) is -0.212. The summed E-state index contributed by atoms with van der Waals surface area (Å²) in [6.45, 7) is 5.41. The topological polar surface area (TPSA) is 35.6 Å². The summed E-state index contributed by atoms with van der Waals surface area (Å²) in [4.78, 5) is 16.2. The van der Waals surface area contributed by atoms with E-state index in [1.165, 1.54) is 6.07 Å². The van der Waals surface area contributed by atoms with Crippen LogP contribution < -0.4 is 5.32 Å². The molecular weight excluding hydrogens is 325 g/mol. The quantitative estimate of drug-likeness (QED) is 0.912. The van der Waals surface area contributed by atoms with E-state index in [4.69, 9.17) is 0 Å². The molecule has 0 radical (unpaired) electrons. The van der Waals surface area contributed by atoms with Crippen LogP contribution in [0, 0.1) is 12.7 Å². The van der Waals surface area contributed by atoms with E-state index in [2.05, 4.69) is 33.2 Å². The van der Waals surface area contributed by atoms with Gasteiger partial charge in [0.15, 0.2) is 0 Å². The summed E-state index contributed by atoms with van der Waals surface area (Å²) >= 11 is 3.15. The van der Waals surface area contributed by atoms with Gasteiger partial charge in [-0.2, -0.15) is 0 Å². The fourth-order valence-electron chi connectivity index (χ4n) is 2.18. The van der Waals surface area contributed by atoms with E-state index < -0.39 is 0 Å². The monoisotopic (exact) mass is 343 g/mol. The van der Waals surface area contributed by atoms with Gasteiger partial charge < -0.3 is 15.1 Å². The van der Waals surface area contributed by atoms with Crippen molar-refractivity contribution in [3.63, 3.8) is 0 Å². The molecule has 0 aliphatic carbocycles. The number of hydrogen-bond acceptors (Lipinski definition) is 3. The zero-order valence-corrected chi connectivity index (χ0v) is 13.3. The lowest BCUT2D eigenvalue weighted by molar-refractivity contribution is -0.130. The van der Waals surface area contributed by atoms with Crippen LogP contribution in [0.25, 0.3) is 0 Å². The van der Waals surface area contributed by atoms with E-state index in [9.17, 15) is 9.18 Å². The van der Waals surface area contributed by atoms with E-state index in [1.54, 1.807) is 6.07 Å². The second-order valence-electron chi connectivity index (χ2n) is 5.12. The molecule has 1 saturated heterocycles. The summed E-state index contributed by atoms with van der Waals surface area (Å²) in [6, 6.07) is 3.12. The summed E-state index contributed by atoms with van der Waals surface area (Å²) < 4.78 is 13.7. The Morgan fingerprint density at radius 1 is 1.35 bits per heavy atom. The third kappa shape index (κ3) is 3.70. The highest BCUT2D eigenvalue weighted by Crippen LogP contribution is 2.24. The molecule has 6 heteroatoms. The van der Waals surface area contributed by atoms with Gasteiger partial charge in [-0.3, -0.25) is 4.79 Å². The summed E-state index contributed by atoms with van der Waals surface area (Å²) in [5, 5.41) is 3.09. The predicted molar refractivity (Wildman–Crippen MR) is 81.4 cm³/mol. The number of aryl methyl sites for hydroxylation is 1. The SMILES string of the molecule is Cc1cc(F)c(Br)cc1NCC(=O)N1CCN(C)CC1. The average Bonchev–Trinajstić information content (AvgIpc) is 2.42. The number of hydrogen-bond donors (Lipinski definition) is 1. The first kappa shape index (κ1) is 15.3. The average molecular weight is 344 g/mol. The van der Waals surface area contributed by atoms with Gasteiger partial charge in [0.2, 0.25) is 5.91 Å². The maximum atomic E-state index is 13.3. The highest BCUT2D eigenvalue weighted by molar-refractivity contribution is 9.10. The minimum Gasteiger partial charge on any atom is -0.376 e. The van der Waals surface area contributed by atoms with Crippen molar-refractivity contribution in [2.24, 2.45) is 0 Å². The number of nitrogens with zero attached hydrogens (tertiary/aromatic N) is 2. The first-order valence-corrected chi connectivity index (χ1v) is 7.42. The van der Waals surface area contributed by atoms with Crippen LogP contribution in [0.2, 0.25) is 0 Å². The molecule has 0 saturated carbocycles. The lowest BCUT2D eigenvalue weighted by atomic mass is 10.2. The molecule has 0 unspecified atom stereocenters. The maximum absolute atomic E-state index is 13.3. The molecule has 2 rings (SSSR count). The smallest absolute Gasteiger partial charge is 0.241 e. The van der Waals surface area contributed by atoms with Crippen molar-refractivity contribution in [1.82, 2.24) is 9.80 Å². The summed E-state index contributed by atoms with van der Waals surface area (Å²) in [6.07, 6.45) is 0. The van der Waals surface area contributed by atoms with Gasteiger partial charge in [0.25, 0.3) is 0 Å². The van der Waals surface area contributed by atoms with Crippen molar-refractivity contribution < 1.29 is 9.18 Å². The molecule has 1 heterocycles. The van der Waals surface area contributed by atoms with Crippen molar-refractivity contribution >= 4 is 27.5 Å². The normalized spacial score (nSPS) is 16.3.